The lowest BCUT2D eigenvalue weighted by atomic mass is 10.2. The fraction of sp³-hybridized carbons (Fsp3) is 0.0625. The molecule has 1 amide bonds. The predicted octanol–water partition coefficient (Wildman–Crippen LogP) is 3.37. The summed E-state index contributed by atoms with van der Waals surface area (Å²) in [6.45, 7) is 1.98. The van der Waals surface area contributed by atoms with E-state index in [0.29, 0.717) is 5.56 Å². The van der Waals surface area contributed by atoms with E-state index in [1.54, 1.807) is 12.1 Å². The summed E-state index contributed by atoms with van der Waals surface area (Å²) in [5.74, 6) is -0.719. The molecular formula is C16H15FN2O. The number of halogens is 1. The lowest BCUT2D eigenvalue weighted by Crippen LogP contribution is -2.07. The lowest BCUT2D eigenvalue weighted by molar-refractivity contribution is -0.111. The zero-order valence-electron chi connectivity index (χ0n) is 11.1. The smallest absolute Gasteiger partial charge is 0.248 e. The molecule has 0 saturated carbocycles. The molecule has 0 heterocycles. The molecule has 0 aliphatic heterocycles. The first-order valence-corrected chi connectivity index (χ1v) is 6.15. The highest BCUT2D eigenvalue weighted by atomic mass is 19.1. The quantitative estimate of drug-likeness (QED) is 0.663. The molecule has 3 N–H and O–H groups in total. The van der Waals surface area contributed by atoms with E-state index in [-0.39, 0.29) is 11.6 Å². The van der Waals surface area contributed by atoms with Crippen LogP contribution in [0.4, 0.5) is 15.8 Å². The SMILES string of the molecule is Cc1ccc(NC(=O)/C=C/c2ccc(F)c(N)c2)cc1. The number of carbonyl (C=O) groups is 1. The van der Waals surface area contributed by atoms with Crippen LogP contribution in [0.1, 0.15) is 11.1 Å². The van der Waals surface area contributed by atoms with Gasteiger partial charge in [-0.05, 0) is 42.8 Å². The first kappa shape index (κ1) is 13.8. The summed E-state index contributed by atoms with van der Waals surface area (Å²) in [5, 5.41) is 2.73. The summed E-state index contributed by atoms with van der Waals surface area (Å²) < 4.78 is 13.0. The van der Waals surface area contributed by atoms with E-state index in [1.807, 2.05) is 31.2 Å². The Morgan fingerprint density at radius 1 is 1.20 bits per heavy atom. The molecule has 2 rings (SSSR count). The molecule has 0 aliphatic rings. The van der Waals surface area contributed by atoms with Gasteiger partial charge in [0.1, 0.15) is 5.82 Å². The molecule has 102 valence electrons. The van der Waals surface area contributed by atoms with E-state index in [0.717, 1.165) is 11.3 Å². The Bertz CT molecular complexity index is 648. The number of aryl methyl sites for hydroxylation is 1. The largest absolute Gasteiger partial charge is 0.396 e. The van der Waals surface area contributed by atoms with E-state index < -0.39 is 5.82 Å². The Balaban J connectivity index is 2.01. The molecule has 0 fully saturated rings. The fourth-order valence-corrected chi connectivity index (χ4v) is 1.66. The van der Waals surface area contributed by atoms with Crippen LogP contribution < -0.4 is 11.1 Å². The van der Waals surface area contributed by atoms with E-state index in [4.69, 9.17) is 5.73 Å². The highest BCUT2D eigenvalue weighted by Gasteiger charge is 1.99. The number of nitrogen functional groups attached to an aromatic ring is 1. The molecular weight excluding hydrogens is 255 g/mol. The number of anilines is 2. The lowest BCUT2D eigenvalue weighted by Gasteiger charge is -2.02. The van der Waals surface area contributed by atoms with Gasteiger partial charge < -0.3 is 11.1 Å². The van der Waals surface area contributed by atoms with Gasteiger partial charge in [0.05, 0.1) is 5.69 Å². The predicted molar refractivity (Wildman–Crippen MR) is 79.7 cm³/mol. The monoisotopic (exact) mass is 270 g/mol. The van der Waals surface area contributed by atoms with E-state index in [1.165, 1.54) is 18.2 Å². The molecule has 0 aromatic heterocycles. The summed E-state index contributed by atoms with van der Waals surface area (Å²) in [7, 11) is 0. The van der Waals surface area contributed by atoms with Crippen molar-refractivity contribution in [3.63, 3.8) is 0 Å². The Hall–Kier alpha value is -2.62. The molecule has 0 saturated heterocycles. The third-order valence-electron chi connectivity index (χ3n) is 2.77. The molecule has 0 atom stereocenters. The van der Waals surface area contributed by atoms with Crippen molar-refractivity contribution >= 4 is 23.4 Å². The van der Waals surface area contributed by atoms with Crippen LogP contribution in [0.5, 0.6) is 0 Å². The van der Waals surface area contributed by atoms with Gasteiger partial charge in [-0.3, -0.25) is 4.79 Å². The Morgan fingerprint density at radius 3 is 2.55 bits per heavy atom. The second-order valence-electron chi connectivity index (χ2n) is 4.47. The molecule has 4 heteroatoms. The first-order chi connectivity index (χ1) is 9.54. The van der Waals surface area contributed by atoms with Crippen LogP contribution in [0, 0.1) is 12.7 Å². The number of hydrogen-bond donors (Lipinski definition) is 2. The number of rotatable bonds is 3. The van der Waals surface area contributed by atoms with Crippen molar-refractivity contribution in [3.8, 4) is 0 Å². The molecule has 0 bridgehead atoms. The molecule has 3 nitrogen and oxygen atoms in total. The van der Waals surface area contributed by atoms with Crippen LogP contribution in [-0.2, 0) is 4.79 Å². The van der Waals surface area contributed by atoms with Gasteiger partial charge in [0, 0.05) is 11.8 Å². The number of carbonyl (C=O) groups excluding carboxylic acids is 1. The normalized spacial score (nSPS) is 10.7. The topological polar surface area (TPSA) is 55.1 Å². The Kier molecular flexibility index (Phi) is 4.15. The van der Waals surface area contributed by atoms with Crippen LogP contribution in [0.3, 0.4) is 0 Å². The molecule has 0 aliphatic carbocycles. The molecule has 2 aromatic carbocycles. The van der Waals surface area contributed by atoms with E-state index >= 15 is 0 Å². The maximum absolute atomic E-state index is 13.0. The average molecular weight is 270 g/mol. The summed E-state index contributed by atoms with van der Waals surface area (Å²) >= 11 is 0. The van der Waals surface area contributed by atoms with Crippen molar-refractivity contribution < 1.29 is 9.18 Å². The standard InChI is InChI=1S/C16H15FN2O/c1-11-2-6-13(7-3-11)19-16(20)9-5-12-4-8-14(17)15(18)10-12/h2-10H,18H2,1H3,(H,19,20)/b9-5+. The van der Waals surface area contributed by atoms with Crippen LogP contribution >= 0.6 is 0 Å². The van der Waals surface area contributed by atoms with Crippen molar-refractivity contribution in [3.05, 3.63) is 65.5 Å². The van der Waals surface area contributed by atoms with Gasteiger partial charge in [0.15, 0.2) is 0 Å². The fourth-order valence-electron chi connectivity index (χ4n) is 1.66. The van der Waals surface area contributed by atoms with Gasteiger partial charge in [-0.25, -0.2) is 4.39 Å². The first-order valence-electron chi connectivity index (χ1n) is 6.15. The van der Waals surface area contributed by atoms with Crippen molar-refractivity contribution in [2.45, 2.75) is 6.92 Å². The zero-order valence-corrected chi connectivity index (χ0v) is 11.1. The highest BCUT2D eigenvalue weighted by Crippen LogP contribution is 2.13. The average Bonchev–Trinajstić information content (AvgIpc) is 2.43. The zero-order chi connectivity index (χ0) is 14.5. The second-order valence-corrected chi connectivity index (χ2v) is 4.47. The number of nitrogens with one attached hydrogen (secondary N) is 1. The van der Waals surface area contributed by atoms with Gasteiger partial charge in [-0.15, -0.1) is 0 Å². The maximum Gasteiger partial charge on any atom is 0.248 e. The van der Waals surface area contributed by atoms with Gasteiger partial charge in [0.25, 0.3) is 0 Å². The highest BCUT2D eigenvalue weighted by molar-refractivity contribution is 6.01. The van der Waals surface area contributed by atoms with Crippen LogP contribution in [0.15, 0.2) is 48.5 Å². The van der Waals surface area contributed by atoms with E-state index in [9.17, 15) is 9.18 Å². The molecule has 0 spiro atoms. The number of amides is 1. The van der Waals surface area contributed by atoms with Crippen molar-refractivity contribution in [1.29, 1.82) is 0 Å². The number of nitrogens with two attached hydrogens (primary N) is 1. The third kappa shape index (κ3) is 3.68. The van der Waals surface area contributed by atoms with E-state index in [2.05, 4.69) is 5.32 Å². The summed E-state index contributed by atoms with van der Waals surface area (Å²) in [6.07, 6.45) is 2.96. The summed E-state index contributed by atoms with van der Waals surface area (Å²) in [6, 6.07) is 11.8. The van der Waals surface area contributed by atoms with Crippen LogP contribution in [-0.4, -0.2) is 5.91 Å². The van der Waals surface area contributed by atoms with Gasteiger partial charge >= 0.3 is 0 Å². The van der Waals surface area contributed by atoms with Crippen molar-refractivity contribution in [1.82, 2.24) is 0 Å². The molecule has 2 aromatic rings. The Morgan fingerprint density at radius 2 is 1.90 bits per heavy atom. The van der Waals surface area contributed by atoms with Gasteiger partial charge in [-0.2, -0.15) is 0 Å². The van der Waals surface area contributed by atoms with Crippen LogP contribution in [0.25, 0.3) is 6.08 Å². The molecule has 0 radical (unpaired) electrons. The van der Waals surface area contributed by atoms with Gasteiger partial charge in [0.2, 0.25) is 5.91 Å². The maximum atomic E-state index is 13.0. The second kappa shape index (κ2) is 6.02. The third-order valence-corrected chi connectivity index (χ3v) is 2.77. The van der Waals surface area contributed by atoms with Gasteiger partial charge in [-0.1, -0.05) is 23.8 Å². The van der Waals surface area contributed by atoms with Crippen molar-refractivity contribution in [2.24, 2.45) is 0 Å². The van der Waals surface area contributed by atoms with Crippen LogP contribution in [0.2, 0.25) is 0 Å². The minimum Gasteiger partial charge on any atom is -0.396 e. The summed E-state index contributed by atoms with van der Waals surface area (Å²) in [5.41, 5.74) is 8.04. The van der Waals surface area contributed by atoms with Crippen molar-refractivity contribution in [2.75, 3.05) is 11.1 Å². The minimum absolute atomic E-state index is 0.0612. The minimum atomic E-state index is -0.466. The Labute approximate surface area is 116 Å². The number of hydrogen-bond acceptors (Lipinski definition) is 2. The molecule has 20 heavy (non-hydrogen) atoms. The molecule has 0 unspecified atom stereocenters. The summed E-state index contributed by atoms with van der Waals surface area (Å²) in [4.78, 5) is 11.7. The number of benzene rings is 2.